The quantitative estimate of drug-likeness (QED) is 0.779. The first-order chi connectivity index (χ1) is 9.79. The highest BCUT2D eigenvalue weighted by molar-refractivity contribution is 5.85. The van der Waals surface area contributed by atoms with Gasteiger partial charge in [-0.2, -0.15) is 0 Å². The third kappa shape index (κ3) is 2.32. The van der Waals surface area contributed by atoms with E-state index in [1.54, 1.807) is 0 Å². The Kier molecular flexibility index (Phi) is 3.52. The van der Waals surface area contributed by atoms with Gasteiger partial charge in [0.05, 0.1) is 6.04 Å². The second kappa shape index (κ2) is 5.47. The van der Waals surface area contributed by atoms with Crippen molar-refractivity contribution in [1.29, 1.82) is 0 Å². The van der Waals surface area contributed by atoms with Gasteiger partial charge in [-0.05, 0) is 42.6 Å². The smallest absolute Gasteiger partial charge is 0.125 e. The Morgan fingerprint density at radius 2 is 2.10 bits per heavy atom. The topological polar surface area (TPSA) is 38.1 Å². The summed E-state index contributed by atoms with van der Waals surface area (Å²) in [7, 11) is 0. The SMILES string of the molecule is CCNC(c1ccc(C)o1)c1cccc2cnccc12. The first kappa shape index (κ1) is 12.9. The molecule has 3 aromatic rings. The van der Waals surface area contributed by atoms with Crippen LogP contribution in [0.1, 0.15) is 30.0 Å². The van der Waals surface area contributed by atoms with Crippen molar-refractivity contribution < 1.29 is 4.42 Å². The molecule has 0 saturated carbocycles. The summed E-state index contributed by atoms with van der Waals surface area (Å²) in [5.74, 6) is 1.89. The van der Waals surface area contributed by atoms with Gasteiger partial charge >= 0.3 is 0 Å². The number of furan rings is 1. The van der Waals surface area contributed by atoms with Gasteiger partial charge in [-0.25, -0.2) is 0 Å². The Morgan fingerprint density at radius 3 is 2.85 bits per heavy atom. The Bertz CT molecular complexity index is 712. The van der Waals surface area contributed by atoms with Gasteiger partial charge in [-0.1, -0.05) is 25.1 Å². The molecule has 0 fully saturated rings. The van der Waals surface area contributed by atoms with E-state index in [2.05, 4.69) is 41.5 Å². The summed E-state index contributed by atoms with van der Waals surface area (Å²) < 4.78 is 5.82. The molecular weight excluding hydrogens is 248 g/mol. The molecule has 0 bridgehead atoms. The van der Waals surface area contributed by atoms with E-state index in [-0.39, 0.29) is 6.04 Å². The van der Waals surface area contributed by atoms with E-state index >= 15 is 0 Å². The maximum absolute atomic E-state index is 5.82. The van der Waals surface area contributed by atoms with E-state index in [9.17, 15) is 0 Å². The van der Waals surface area contributed by atoms with Crippen LogP contribution in [0.5, 0.6) is 0 Å². The molecule has 1 N–H and O–H groups in total. The van der Waals surface area contributed by atoms with E-state index in [4.69, 9.17) is 4.42 Å². The zero-order valence-corrected chi connectivity index (χ0v) is 11.8. The van der Waals surface area contributed by atoms with Gasteiger partial charge in [0, 0.05) is 17.8 Å². The summed E-state index contributed by atoms with van der Waals surface area (Å²) in [5.41, 5.74) is 1.22. The zero-order chi connectivity index (χ0) is 13.9. The molecule has 1 aromatic carbocycles. The van der Waals surface area contributed by atoms with E-state index in [1.165, 1.54) is 10.9 Å². The largest absolute Gasteiger partial charge is 0.464 e. The average Bonchev–Trinajstić information content (AvgIpc) is 2.91. The Labute approximate surface area is 118 Å². The second-order valence-electron chi connectivity index (χ2n) is 4.88. The summed E-state index contributed by atoms with van der Waals surface area (Å²) >= 11 is 0. The predicted molar refractivity (Wildman–Crippen MR) is 80.7 cm³/mol. The number of benzene rings is 1. The maximum atomic E-state index is 5.82. The molecule has 0 amide bonds. The molecule has 0 radical (unpaired) electrons. The minimum atomic E-state index is 0.0693. The van der Waals surface area contributed by atoms with Crippen LogP contribution in [0.25, 0.3) is 10.8 Å². The van der Waals surface area contributed by atoms with Crippen LogP contribution >= 0.6 is 0 Å². The molecule has 1 atom stereocenters. The standard InChI is InChI=1S/C17H18N2O/c1-3-19-17(16-8-7-12(2)20-16)15-6-4-5-13-11-18-10-9-14(13)15/h4-11,17,19H,3H2,1-2H3. The molecule has 0 saturated heterocycles. The number of hydrogen-bond donors (Lipinski definition) is 1. The lowest BCUT2D eigenvalue weighted by Gasteiger charge is -2.18. The van der Waals surface area contributed by atoms with Crippen LogP contribution in [-0.2, 0) is 0 Å². The summed E-state index contributed by atoms with van der Waals surface area (Å²) in [6.07, 6.45) is 3.73. The molecule has 20 heavy (non-hydrogen) atoms. The maximum Gasteiger partial charge on any atom is 0.125 e. The Balaban J connectivity index is 2.14. The predicted octanol–water partition coefficient (Wildman–Crippen LogP) is 3.84. The van der Waals surface area contributed by atoms with E-state index in [0.29, 0.717) is 0 Å². The molecule has 2 heterocycles. The third-order valence-corrected chi connectivity index (χ3v) is 3.48. The Morgan fingerprint density at radius 1 is 1.20 bits per heavy atom. The summed E-state index contributed by atoms with van der Waals surface area (Å²) in [4.78, 5) is 4.19. The van der Waals surface area contributed by atoms with Crippen LogP contribution < -0.4 is 5.32 Å². The highest BCUT2D eigenvalue weighted by Crippen LogP contribution is 2.29. The number of aryl methyl sites for hydroxylation is 1. The van der Waals surface area contributed by atoms with Gasteiger partial charge in [-0.15, -0.1) is 0 Å². The van der Waals surface area contributed by atoms with Crippen molar-refractivity contribution in [2.75, 3.05) is 6.54 Å². The van der Waals surface area contributed by atoms with Crippen molar-refractivity contribution in [3.05, 3.63) is 65.9 Å². The zero-order valence-electron chi connectivity index (χ0n) is 11.8. The second-order valence-corrected chi connectivity index (χ2v) is 4.88. The van der Waals surface area contributed by atoms with Gasteiger partial charge < -0.3 is 9.73 Å². The van der Waals surface area contributed by atoms with Crippen molar-refractivity contribution in [1.82, 2.24) is 10.3 Å². The van der Waals surface area contributed by atoms with Gasteiger partial charge in [0.2, 0.25) is 0 Å². The first-order valence-corrected chi connectivity index (χ1v) is 6.92. The van der Waals surface area contributed by atoms with Crippen molar-refractivity contribution in [3.63, 3.8) is 0 Å². The molecule has 3 rings (SSSR count). The average molecular weight is 266 g/mol. The third-order valence-electron chi connectivity index (χ3n) is 3.48. The van der Waals surface area contributed by atoms with Crippen molar-refractivity contribution >= 4 is 10.8 Å². The fraction of sp³-hybridized carbons (Fsp3) is 0.235. The molecule has 0 spiro atoms. The highest BCUT2D eigenvalue weighted by atomic mass is 16.3. The lowest BCUT2D eigenvalue weighted by molar-refractivity contribution is 0.436. The highest BCUT2D eigenvalue weighted by Gasteiger charge is 2.18. The number of hydrogen-bond acceptors (Lipinski definition) is 3. The lowest BCUT2D eigenvalue weighted by atomic mass is 9.98. The summed E-state index contributed by atoms with van der Waals surface area (Å²) in [5, 5.41) is 5.87. The number of nitrogens with zero attached hydrogens (tertiary/aromatic N) is 1. The summed E-state index contributed by atoms with van der Waals surface area (Å²) in [6.45, 7) is 4.96. The van der Waals surface area contributed by atoms with Crippen LogP contribution in [0.2, 0.25) is 0 Å². The number of rotatable bonds is 4. The van der Waals surface area contributed by atoms with Crippen LogP contribution in [0, 0.1) is 6.92 Å². The fourth-order valence-electron chi connectivity index (χ4n) is 2.58. The van der Waals surface area contributed by atoms with Gasteiger partial charge in [0.1, 0.15) is 11.5 Å². The van der Waals surface area contributed by atoms with Crippen molar-refractivity contribution in [2.24, 2.45) is 0 Å². The molecular formula is C17H18N2O. The fourth-order valence-corrected chi connectivity index (χ4v) is 2.58. The molecule has 1 unspecified atom stereocenters. The van der Waals surface area contributed by atoms with Crippen LogP contribution in [0.3, 0.4) is 0 Å². The van der Waals surface area contributed by atoms with Crippen LogP contribution in [-0.4, -0.2) is 11.5 Å². The molecule has 102 valence electrons. The van der Waals surface area contributed by atoms with E-state index < -0.39 is 0 Å². The molecule has 0 aliphatic rings. The molecule has 2 aromatic heterocycles. The van der Waals surface area contributed by atoms with Crippen LogP contribution in [0.15, 0.2) is 53.2 Å². The molecule has 0 aliphatic carbocycles. The monoisotopic (exact) mass is 266 g/mol. The molecule has 0 aliphatic heterocycles. The number of aromatic nitrogens is 1. The van der Waals surface area contributed by atoms with E-state index in [0.717, 1.165) is 23.5 Å². The van der Waals surface area contributed by atoms with Gasteiger partial charge in [0.15, 0.2) is 0 Å². The van der Waals surface area contributed by atoms with E-state index in [1.807, 2.05) is 31.5 Å². The lowest BCUT2D eigenvalue weighted by Crippen LogP contribution is -2.21. The summed E-state index contributed by atoms with van der Waals surface area (Å²) in [6, 6.07) is 12.5. The number of pyridine rings is 1. The molecule has 3 heteroatoms. The normalized spacial score (nSPS) is 12.7. The molecule has 3 nitrogen and oxygen atoms in total. The number of nitrogens with one attached hydrogen (secondary N) is 1. The van der Waals surface area contributed by atoms with Gasteiger partial charge in [0.25, 0.3) is 0 Å². The first-order valence-electron chi connectivity index (χ1n) is 6.92. The minimum Gasteiger partial charge on any atom is -0.464 e. The number of fused-ring (bicyclic) bond motifs is 1. The van der Waals surface area contributed by atoms with Crippen LogP contribution in [0.4, 0.5) is 0 Å². The van der Waals surface area contributed by atoms with Crippen molar-refractivity contribution in [3.8, 4) is 0 Å². The van der Waals surface area contributed by atoms with Gasteiger partial charge in [-0.3, -0.25) is 4.98 Å². The minimum absolute atomic E-state index is 0.0693. The van der Waals surface area contributed by atoms with Crippen molar-refractivity contribution in [2.45, 2.75) is 19.9 Å². The Hall–Kier alpha value is -2.13.